The molecule has 0 spiro atoms. The van der Waals surface area contributed by atoms with Gasteiger partial charge in [0.15, 0.2) is 11.5 Å². The van der Waals surface area contributed by atoms with E-state index in [2.05, 4.69) is 13.8 Å². The number of benzene rings is 2. The molecule has 0 aromatic heterocycles. The Labute approximate surface area is 199 Å². The van der Waals surface area contributed by atoms with Crippen molar-refractivity contribution in [2.45, 2.75) is 26.8 Å². The Morgan fingerprint density at radius 3 is 2.44 bits per heavy atom. The number of hydrogen-bond acceptors (Lipinski definition) is 7. The van der Waals surface area contributed by atoms with Crippen molar-refractivity contribution < 1.29 is 34.0 Å². The van der Waals surface area contributed by atoms with E-state index in [1.807, 2.05) is 6.92 Å². The van der Waals surface area contributed by atoms with Crippen molar-refractivity contribution in [1.82, 2.24) is 4.90 Å². The van der Waals surface area contributed by atoms with Crippen LogP contribution in [0.1, 0.15) is 36.6 Å². The van der Waals surface area contributed by atoms with Crippen LogP contribution < -0.4 is 9.47 Å². The fourth-order valence-electron chi connectivity index (χ4n) is 3.88. The monoisotopic (exact) mass is 469 g/mol. The molecule has 2 aromatic carbocycles. The van der Waals surface area contributed by atoms with Crippen LogP contribution in [-0.4, -0.2) is 60.8 Å². The van der Waals surface area contributed by atoms with Gasteiger partial charge in [-0.25, -0.2) is 0 Å². The molecule has 182 valence electrons. The summed E-state index contributed by atoms with van der Waals surface area (Å²) in [6.07, 6.45) is 0. The van der Waals surface area contributed by atoms with E-state index >= 15 is 0 Å². The van der Waals surface area contributed by atoms with Crippen LogP contribution in [-0.2, 0) is 14.3 Å². The van der Waals surface area contributed by atoms with Crippen molar-refractivity contribution in [2.75, 3.05) is 34.0 Å². The molecule has 0 saturated carbocycles. The van der Waals surface area contributed by atoms with Gasteiger partial charge in [-0.2, -0.15) is 0 Å². The first-order valence-corrected chi connectivity index (χ1v) is 11.1. The minimum Gasteiger partial charge on any atom is -0.507 e. The minimum atomic E-state index is -0.873. The lowest BCUT2D eigenvalue weighted by atomic mass is 9.94. The second-order valence-corrected chi connectivity index (χ2v) is 8.60. The number of Topliss-reactive ketones (excluding diaryl/α,β-unsaturated/α-hetero) is 1. The number of phenolic OH excluding ortho intramolecular Hbond substituents is 1. The van der Waals surface area contributed by atoms with Gasteiger partial charge in [0.2, 0.25) is 0 Å². The number of carbonyl (C=O) groups is 2. The fraction of sp³-hybridized carbons (Fsp3) is 0.385. The van der Waals surface area contributed by atoms with Gasteiger partial charge >= 0.3 is 0 Å². The number of aliphatic hydroxyl groups excluding tert-OH is 1. The molecule has 1 aliphatic heterocycles. The van der Waals surface area contributed by atoms with Gasteiger partial charge < -0.3 is 29.3 Å². The number of ether oxygens (including phenoxy) is 3. The number of phenols is 1. The number of carbonyl (C=O) groups excluding carboxylic acids is 2. The molecule has 0 bridgehead atoms. The van der Waals surface area contributed by atoms with E-state index in [0.717, 1.165) is 5.56 Å². The maximum atomic E-state index is 13.1. The average molecular weight is 470 g/mol. The summed E-state index contributed by atoms with van der Waals surface area (Å²) in [5.74, 6) is -0.644. The van der Waals surface area contributed by atoms with Crippen molar-refractivity contribution in [3.05, 3.63) is 58.7 Å². The number of hydrogen-bond donors (Lipinski definition) is 2. The maximum Gasteiger partial charge on any atom is 0.295 e. The van der Waals surface area contributed by atoms with Crippen LogP contribution in [0, 0.1) is 12.8 Å². The normalized spacial score (nSPS) is 17.5. The zero-order valence-corrected chi connectivity index (χ0v) is 20.1. The Bertz CT molecular complexity index is 1110. The Balaban J connectivity index is 2.11. The third-order valence-electron chi connectivity index (χ3n) is 5.62. The molecule has 3 rings (SSSR count). The molecule has 2 N–H and O–H groups in total. The molecule has 8 nitrogen and oxygen atoms in total. The summed E-state index contributed by atoms with van der Waals surface area (Å²) in [5, 5.41) is 21.2. The highest BCUT2D eigenvalue weighted by Gasteiger charge is 2.46. The molecular formula is C26H31NO7. The first kappa shape index (κ1) is 25.1. The number of methoxy groups -OCH3 is 2. The number of ketones is 1. The highest BCUT2D eigenvalue weighted by atomic mass is 16.5. The van der Waals surface area contributed by atoms with Crippen molar-refractivity contribution in [2.24, 2.45) is 5.92 Å². The number of aryl methyl sites for hydroxylation is 1. The number of rotatable bonds is 9. The standard InChI is InChI=1S/C26H31NO7/c1-15(2)14-34-20-9-7-18(12-16(20)3)24(29)22-23(17-6-8-19(28)21(13-17)33-5)27(10-11-32-4)26(31)25(22)30/h6-9,12-13,15,23,28-29H,10-11,14H2,1-5H3/b24-22+/t23-/m0/s1. The minimum absolute atomic E-state index is 0.0379. The summed E-state index contributed by atoms with van der Waals surface area (Å²) < 4.78 is 16.1. The second-order valence-electron chi connectivity index (χ2n) is 8.60. The van der Waals surface area contributed by atoms with E-state index in [-0.39, 0.29) is 36.0 Å². The van der Waals surface area contributed by atoms with Gasteiger partial charge in [0.1, 0.15) is 11.5 Å². The first-order valence-electron chi connectivity index (χ1n) is 11.1. The smallest absolute Gasteiger partial charge is 0.295 e. The van der Waals surface area contributed by atoms with Crippen LogP contribution in [0.25, 0.3) is 5.76 Å². The zero-order valence-electron chi connectivity index (χ0n) is 20.1. The summed E-state index contributed by atoms with van der Waals surface area (Å²) in [6.45, 7) is 6.87. The summed E-state index contributed by atoms with van der Waals surface area (Å²) in [4.78, 5) is 27.3. The van der Waals surface area contributed by atoms with E-state index in [9.17, 15) is 19.8 Å². The lowest BCUT2D eigenvalue weighted by Gasteiger charge is -2.25. The number of nitrogens with zero attached hydrogens (tertiary/aromatic N) is 1. The molecule has 1 fully saturated rings. The SMILES string of the molecule is COCCN1C(=O)C(=O)/C(=C(/O)c2ccc(OCC(C)C)c(C)c2)[C@@H]1c1ccc(O)c(OC)c1. The topological polar surface area (TPSA) is 106 Å². The second kappa shape index (κ2) is 10.6. The van der Waals surface area contributed by atoms with Crippen LogP contribution in [0.15, 0.2) is 42.0 Å². The van der Waals surface area contributed by atoms with Crippen molar-refractivity contribution >= 4 is 17.4 Å². The van der Waals surface area contributed by atoms with Crippen molar-refractivity contribution in [1.29, 1.82) is 0 Å². The Morgan fingerprint density at radius 1 is 1.09 bits per heavy atom. The van der Waals surface area contributed by atoms with Crippen molar-refractivity contribution in [3.63, 3.8) is 0 Å². The molecular weight excluding hydrogens is 438 g/mol. The molecule has 1 heterocycles. The highest BCUT2D eigenvalue weighted by molar-refractivity contribution is 6.46. The maximum absolute atomic E-state index is 13.1. The molecule has 1 aliphatic rings. The van der Waals surface area contributed by atoms with Crippen LogP contribution in [0.2, 0.25) is 0 Å². The third kappa shape index (κ3) is 5.02. The number of aromatic hydroxyl groups is 1. The van der Waals surface area contributed by atoms with Gasteiger partial charge in [-0.1, -0.05) is 19.9 Å². The third-order valence-corrected chi connectivity index (χ3v) is 5.62. The first-order chi connectivity index (χ1) is 16.2. The van der Waals surface area contributed by atoms with E-state index in [1.165, 1.54) is 25.2 Å². The van der Waals surface area contributed by atoms with Crippen LogP contribution >= 0.6 is 0 Å². The van der Waals surface area contributed by atoms with Gasteiger partial charge in [-0.15, -0.1) is 0 Å². The lowest BCUT2D eigenvalue weighted by Crippen LogP contribution is -2.32. The van der Waals surface area contributed by atoms with Crippen LogP contribution in [0.3, 0.4) is 0 Å². The molecule has 1 amide bonds. The van der Waals surface area contributed by atoms with Crippen molar-refractivity contribution in [3.8, 4) is 17.2 Å². The molecule has 2 aromatic rings. The van der Waals surface area contributed by atoms with Crippen LogP contribution in [0.4, 0.5) is 0 Å². The Kier molecular flexibility index (Phi) is 7.83. The summed E-state index contributed by atoms with van der Waals surface area (Å²) >= 11 is 0. The number of likely N-dealkylation sites (tertiary alicyclic amines) is 1. The Morgan fingerprint density at radius 2 is 1.82 bits per heavy atom. The van der Waals surface area contributed by atoms with E-state index in [1.54, 1.807) is 30.3 Å². The quantitative estimate of drug-likeness (QED) is 0.327. The van der Waals surface area contributed by atoms with Gasteiger partial charge in [0.25, 0.3) is 11.7 Å². The van der Waals surface area contributed by atoms with Gasteiger partial charge in [-0.05, 0) is 54.3 Å². The predicted molar refractivity (Wildman–Crippen MR) is 127 cm³/mol. The van der Waals surface area contributed by atoms with E-state index in [0.29, 0.717) is 29.4 Å². The van der Waals surface area contributed by atoms with Gasteiger partial charge in [0, 0.05) is 19.2 Å². The Hall–Kier alpha value is -3.52. The van der Waals surface area contributed by atoms with Gasteiger partial charge in [-0.3, -0.25) is 9.59 Å². The molecule has 0 radical (unpaired) electrons. The van der Waals surface area contributed by atoms with Crippen LogP contribution in [0.5, 0.6) is 17.2 Å². The molecule has 0 aliphatic carbocycles. The van der Waals surface area contributed by atoms with E-state index < -0.39 is 17.7 Å². The van der Waals surface area contributed by atoms with E-state index in [4.69, 9.17) is 14.2 Å². The average Bonchev–Trinajstić information content (AvgIpc) is 3.06. The molecule has 34 heavy (non-hydrogen) atoms. The summed E-state index contributed by atoms with van der Waals surface area (Å²) in [5.41, 5.74) is 1.67. The highest BCUT2D eigenvalue weighted by Crippen LogP contribution is 2.42. The molecule has 8 heteroatoms. The fourth-order valence-corrected chi connectivity index (χ4v) is 3.88. The zero-order chi connectivity index (χ0) is 25.0. The number of aliphatic hydroxyl groups is 1. The molecule has 1 saturated heterocycles. The predicted octanol–water partition coefficient (Wildman–Crippen LogP) is 3.81. The lowest BCUT2D eigenvalue weighted by molar-refractivity contribution is -0.140. The van der Waals surface area contributed by atoms with Gasteiger partial charge in [0.05, 0.1) is 31.9 Å². The largest absolute Gasteiger partial charge is 0.507 e. The number of amides is 1. The molecule has 0 unspecified atom stereocenters. The summed E-state index contributed by atoms with van der Waals surface area (Å²) in [7, 11) is 2.91. The molecule has 1 atom stereocenters. The summed E-state index contributed by atoms with van der Waals surface area (Å²) in [6, 6.07) is 8.82.